The van der Waals surface area contributed by atoms with Gasteiger partial charge < -0.3 is 20.1 Å². The lowest BCUT2D eigenvalue weighted by Crippen LogP contribution is -2.40. The molecule has 1 heterocycles. The van der Waals surface area contributed by atoms with E-state index in [2.05, 4.69) is 10.6 Å². The van der Waals surface area contributed by atoms with Crippen LogP contribution < -0.4 is 15.4 Å². The largest absolute Gasteiger partial charge is 0.492 e. The van der Waals surface area contributed by atoms with E-state index in [1.165, 1.54) is 16.4 Å². The summed E-state index contributed by atoms with van der Waals surface area (Å²) in [7, 11) is -3.69. The molecule has 1 saturated heterocycles. The van der Waals surface area contributed by atoms with Crippen LogP contribution in [0, 0.1) is 0 Å². The van der Waals surface area contributed by atoms with Crippen LogP contribution in [0.2, 0.25) is 10.0 Å². The van der Waals surface area contributed by atoms with Crippen molar-refractivity contribution in [3.63, 3.8) is 0 Å². The Hall–Kier alpha value is -2.04. The zero-order valence-corrected chi connectivity index (χ0v) is 19.2. The molecule has 1 amide bonds. The minimum atomic E-state index is -3.69. The fourth-order valence-corrected chi connectivity index (χ4v) is 4.76. The van der Waals surface area contributed by atoms with Gasteiger partial charge in [-0.3, -0.25) is 4.79 Å². The average molecular weight is 488 g/mol. The minimum Gasteiger partial charge on any atom is -0.492 e. The number of carbonyl (C=O) groups excluding carboxylic acids is 1. The molecule has 8 nitrogen and oxygen atoms in total. The van der Waals surface area contributed by atoms with Crippen LogP contribution in [0.1, 0.15) is 6.92 Å². The van der Waals surface area contributed by atoms with E-state index in [4.69, 9.17) is 32.7 Å². The minimum absolute atomic E-state index is 0.110. The van der Waals surface area contributed by atoms with Gasteiger partial charge in [-0.25, -0.2) is 8.42 Å². The molecule has 0 unspecified atom stereocenters. The van der Waals surface area contributed by atoms with Crippen LogP contribution in [-0.4, -0.2) is 58.1 Å². The topological polar surface area (TPSA) is 97.0 Å². The molecule has 0 aromatic heterocycles. The fraction of sp³-hybridized carbons (Fsp3) is 0.350. The maximum atomic E-state index is 13.0. The number of rotatable bonds is 8. The van der Waals surface area contributed by atoms with Crippen molar-refractivity contribution in [1.29, 1.82) is 0 Å². The molecule has 1 aliphatic heterocycles. The maximum absolute atomic E-state index is 13.0. The summed E-state index contributed by atoms with van der Waals surface area (Å²) >= 11 is 12.0. The average Bonchev–Trinajstić information content (AvgIpc) is 2.76. The van der Waals surface area contributed by atoms with Gasteiger partial charge in [0.1, 0.15) is 5.75 Å². The number of anilines is 2. The van der Waals surface area contributed by atoms with Gasteiger partial charge in [0.05, 0.1) is 47.7 Å². The first-order valence-corrected chi connectivity index (χ1v) is 11.8. The lowest BCUT2D eigenvalue weighted by atomic mass is 10.3. The number of hydrogen-bond acceptors (Lipinski definition) is 6. The smallest absolute Gasteiger partial charge is 0.243 e. The summed E-state index contributed by atoms with van der Waals surface area (Å²) < 4.78 is 38.1. The Morgan fingerprint density at radius 1 is 1.13 bits per heavy atom. The molecule has 1 fully saturated rings. The zero-order valence-electron chi connectivity index (χ0n) is 16.9. The number of benzene rings is 2. The van der Waals surface area contributed by atoms with E-state index in [0.717, 1.165) is 0 Å². The molecule has 0 spiro atoms. The van der Waals surface area contributed by atoms with Crippen molar-refractivity contribution in [3.05, 3.63) is 46.4 Å². The van der Waals surface area contributed by atoms with E-state index >= 15 is 0 Å². The summed E-state index contributed by atoms with van der Waals surface area (Å²) in [6.07, 6.45) is 0. The van der Waals surface area contributed by atoms with Crippen LogP contribution in [0.3, 0.4) is 0 Å². The van der Waals surface area contributed by atoms with Crippen molar-refractivity contribution >= 4 is 50.5 Å². The van der Waals surface area contributed by atoms with E-state index in [0.29, 0.717) is 60.1 Å². The Bertz CT molecular complexity index is 1040. The summed E-state index contributed by atoms with van der Waals surface area (Å²) in [5, 5.41) is 6.41. The lowest BCUT2D eigenvalue weighted by molar-refractivity contribution is -0.114. The standard InChI is InChI=1S/C20H23Cl2N3O5S/c1-2-30-19-6-4-15(31(27,28)25-7-9-29-10-8-25)12-18(19)23-13-20(26)24-17-11-14(21)3-5-16(17)22/h3-6,11-12,23H,2,7-10,13H2,1H3,(H,24,26). The Kier molecular flexibility index (Phi) is 8.01. The molecular weight excluding hydrogens is 465 g/mol. The number of nitrogens with zero attached hydrogens (tertiary/aromatic N) is 1. The molecule has 0 atom stereocenters. The van der Waals surface area contributed by atoms with Crippen molar-refractivity contribution in [2.24, 2.45) is 0 Å². The van der Waals surface area contributed by atoms with Crippen molar-refractivity contribution < 1.29 is 22.7 Å². The second-order valence-corrected chi connectivity index (χ2v) is 9.41. The summed E-state index contributed by atoms with van der Waals surface area (Å²) in [4.78, 5) is 12.5. The van der Waals surface area contributed by atoms with Gasteiger partial charge in [-0.05, 0) is 43.3 Å². The first-order chi connectivity index (χ1) is 14.8. The number of morpholine rings is 1. The number of hydrogen-bond donors (Lipinski definition) is 2. The SMILES string of the molecule is CCOc1ccc(S(=O)(=O)N2CCOCC2)cc1NCC(=O)Nc1cc(Cl)ccc1Cl. The molecule has 3 rings (SSSR count). The Balaban J connectivity index is 1.76. The molecule has 0 saturated carbocycles. The quantitative estimate of drug-likeness (QED) is 0.591. The molecule has 2 N–H and O–H groups in total. The molecule has 0 bridgehead atoms. The predicted octanol–water partition coefficient (Wildman–Crippen LogP) is 3.46. The van der Waals surface area contributed by atoms with Gasteiger partial charge in [-0.2, -0.15) is 4.31 Å². The van der Waals surface area contributed by atoms with Gasteiger partial charge in [0.2, 0.25) is 15.9 Å². The monoisotopic (exact) mass is 487 g/mol. The van der Waals surface area contributed by atoms with Crippen molar-refractivity contribution in [2.45, 2.75) is 11.8 Å². The highest BCUT2D eigenvalue weighted by Crippen LogP contribution is 2.30. The summed E-state index contributed by atoms with van der Waals surface area (Å²) in [6.45, 7) is 3.36. The van der Waals surface area contributed by atoms with Gasteiger partial charge in [-0.15, -0.1) is 0 Å². The summed E-state index contributed by atoms with van der Waals surface area (Å²) in [5.74, 6) is 0.0603. The highest BCUT2D eigenvalue weighted by Gasteiger charge is 2.27. The zero-order chi connectivity index (χ0) is 22.4. The summed E-state index contributed by atoms with van der Waals surface area (Å²) in [5.41, 5.74) is 0.776. The van der Waals surface area contributed by atoms with Gasteiger partial charge >= 0.3 is 0 Å². The first-order valence-electron chi connectivity index (χ1n) is 9.65. The third-order valence-electron chi connectivity index (χ3n) is 4.50. The predicted molar refractivity (Wildman–Crippen MR) is 121 cm³/mol. The highest BCUT2D eigenvalue weighted by molar-refractivity contribution is 7.89. The van der Waals surface area contributed by atoms with E-state index in [9.17, 15) is 13.2 Å². The molecule has 31 heavy (non-hydrogen) atoms. The number of carbonyl (C=O) groups is 1. The summed E-state index contributed by atoms with van der Waals surface area (Å²) in [6, 6.07) is 9.28. The van der Waals surface area contributed by atoms with Gasteiger partial charge in [0.25, 0.3) is 0 Å². The van der Waals surface area contributed by atoms with E-state index in [1.54, 1.807) is 24.3 Å². The van der Waals surface area contributed by atoms with Crippen LogP contribution in [-0.2, 0) is 19.6 Å². The third kappa shape index (κ3) is 6.02. The second kappa shape index (κ2) is 10.5. The maximum Gasteiger partial charge on any atom is 0.243 e. The molecule has 1 aliphatic rings. The molecule has 0 radical (unpaired) electrons. The van der Waals surface area contributed by atoms with E-state index in [-0.39, 0.29) is 17.3 Å². The van der Waals surface area contributed by atoms with Crippen LogP contribution in [0.5, 0.6) is 5.75 Å². The van der Waals surface area contributed by atoms with Crippen molar-refractivity contribution in [1.82, 2.24) is 4.31 Å². The second-order valence-electron chi connectivity index (χ2n) is 6.63. The van der Waals surface area contributed by atoms with Gasteiger partial charge in [0, 0.05) is 18.1 Å². The van der Waals surface area contributed by atoms with Crippen molar-refractivity contribution in [2.75, 3.05) is 50.1 Å². The molecule has 2 aromatic carbocycles. The normalized spacial score (nSPS) is 14.8. The number of amides is 1. The Labute approximate surface area is 191 Å². The van der Waals surface area contributed by atoms with E-state index in [1.807, 2.05) is 6.92 Å². The van der Waals surface area contributed by atoms with E-state index < -0.39 is 10.0 Å². The number of ether oxygens (including phenoxy) is 2. The molecular formula is C20H23Cl2N3O5S. The highest BCUT2D eigenvalue weighted by atomic mass is 35.5. The van der Waals surface area contributed by atoms with Crippen LogP contribution in [0.4, 0.5) is 11.4 Å². The molecule has 168 valence electrons. The Morgan fingerprint density at radius 3 is 2.58 bits per heavy atom. The van der Waals surface area contributed by atoms with Crippen LogP contribution in [0.25, 0.3) is 0 Å². The Morgan fingerprint density at radius 2 is 1.87 bits per heavy atom. The first kappa shape index (κ1) is 23.6. The molecule has 11 heteroatoms. The van der Waals surface area contributed by atoms with Crippen LogP contribution >= 0.6 is 23.2 Å². The fourth-order valence-electron chi connectivity index (χ4n) is 2.99. The number of halogens is 2. The lowest BCUT2D eigenvalue weighted by Gasteiger charge is -2.26. The van der Waals surface area contributed by atoms with Gasteiger partial charge in [-0.1, -0.05) is 23.2 Å². The van der Waals surface area contributed by atoms with Crippen LogP contribution in [0.15, 0.2) is 41.3 Å². The molecule has 2 aromatic rings. The third-order valence-corrected chi connectivity index (χ3v) is 6.96. The number of nitrogens with one attached hydrogen (secondary N) is 2. The van der Waals surface area contributed by atoms with Crippen molar-refractivity contribution in [3.8, 4) is 5.75 Å². The van der Waals surface area contributed by atoms with Gasteiger partial charge in [0.15, 0.2) is 0 Å². The molecule has 0 aliphatic carbocycles. The number of sulfonamides is 1.